The van der Waals surface area contributed by atoms with Gasteiger partial charge >= 0.3 is 6.18 Å². The van der Waals surface area contributed by atoms with Crippen molar-refractivity contribution >= 4 is 5.91 Å². The molecule has 1 N–H and O–H groups in total. The monoisotopic (exact) mass is 370 g/mol. The Bertz CT molecular complexity index is 728. The zero-order valence-corrected chi connectivity index (χ0v) is 14.8. The van der Waals surface area contributed by atoms with E-state index in [1.165, 1.54) is 12.1 Å². The van der Waals surface area contributed by atoms with Gasteiger partial charge in [0.15, 0.2) is 5.82 Å². The van der Waals surface area contributed by atoms with Gasteiger partial charge in [-0.1, -0.05) is 24.2 Å². The molecule has 2 aromatic rings. The summed E-state index contributed by atoms with van der Waals surface area (Å²) in [4.78, 5) is 18.0. The molecule has 0 fully saturated rings. The minimum atomic E-state index is -4.43. The second-order valence-corrected chi connectivity index (χ2v) is 5.99. The highest BCUT2D eigenvalue weighted by atomic mass is 19.4. The van der Waals surface area contributed by atoms with Crippen LogP contribution in [0.25, 0.3) is 0 Å². The molecule has 1 aromatic heterocycles. The number of carbonyl (C=O) groups is 1. The van der Waals surface area contributed by atoms with Crippen LogP contribution in [0, 0.1) is 0 Å². The molecule has 0 radical (unpaired) electrons. The number of alkyl halides is 3. The lowest BCUT2D eigenvalue weighted by atomic mass is 10.1. The zero-order valence-electron chi connectivity index (χ0n) is 14.8. The SMILES string of the molecule is CCc1noc([C@H](C)N(C)Cc2ccc(C(=O)NCC(F)(F)F)cc2)n1. The van der Waals surface area contributed by atoms with Gasteiger partial charge < -0.3 is 9.84 Å². The topological polar surface area (TPSA) is 71.3 Å². The van der Waals surface area contributed by atoms with Crippen molar-refractivity contribution in [2.45, 2.75) is 39.0 Å². The van der Waals surface area contributed by atoms with Crippen molar-refractivity contribution in [3.63, 3.8) is 0 Å². The van der Waals surface area contributed by atoms with Crippen LogP contribution in [0.2, 0.25) is 0 Å². The Morgan fingerprint density at radius 3 is 2.50 bits per heavy atom. The van der Waals surface area contributed by atoms with Gasteiger partial charge in [0.25, 0.3) is 5.91 Å². The largest absolute Gasteiger partial charge is 0.405 e. The molecule has 0 aliphatic carbocycles. The van der Waals surface area contributed by atoms with Crippen molar-refractivity contribution < 1.29 is 22.5 Å². The van der Waals surface area contributed by atoms with E-state index < -0.39 is 18.6 Å². The van der Waals surface area contributed by atoms with Crippen molar-refractivity contribution in [3.8, 4) is 0 Å². The van der Waals surface area contributed by atoms with Crippen LogP contribution < -0.4 is 5.32 Å². The first kappa shape index (κ1) is 19.9. The molecule has 0 unspecified atom stereocenters. The molecule has 0 aliphatic rings. The number of halogens is 3. The summed E-state index contributed by atoms with van der Waals surface area (Å²) in [6.07, 6.45) is -3.74. The van der Waals surface area contributed by atoms with E-state index in [0.29, 0.717) is 24.7 Å². The smallest absolute Gasteiger partial charge is 0.343 e. The molecular formula is C17H21F3N4O2. The van der Waals surface area contributed by atoms with E-state index in [9.17, 15) is 18.0 Å². The molecule has 2 rings (SSSR count). The summed E-state index contributed by atoms with van der Waals surface area (Å²) in [5, 5.41) is 5.72. The summed E-state index contributed by atoms with van der Waals surface area (Å²) in [7, 11) is 1.89. The van der Waals surface area contributed by atoms with E-state index in [1.54, 1.807) is 12.1 Å². The van der Waals surface area contributed by atoms with Crippen molar-refractivity contribution in [2.75, 3.05) is 13.6 Å². The van der Waals surface area contributed by atoms with Gasteiger partial charge in [0.2, 0.25) is 5.89 Å². The first-order valence-corrected chi connectivity index (χ1v) is 8.16. The van der Waals surface area contributed by atoms with Gasteiger partial charge in [0, 0.05) is 18.5 Å². The van der Waals surface area contributed by atoms with E-state index >= 15 is 0 Å². The van der Waals surface area contributed by atoms with E-state index in [2.05, 4.69) is 10.1 Å². The number of nitrogens with zero attached hydrogens (tertiary/aromatic N) is 3. The second-order valence-electron chi connectivity index (χ2n) is 5.99. The molecule has 0 aliphatic heterocycles. The first-order valence-electron chi connectivity index (χ1n) is 8.16. The number of rotatable bonds is 7. The molecule has 0 spiro atoms. The van der Waals surface area contributed by atoms with Crippen LogP contribution in [0.15, 0.2) is 28.8 Å². The van der Waals surface area contributed by atoms with Gasteiger partial charge in [-0.15, -0.1) is 0 Å². The molecule has 6 nitrogen and oxygen atoms in total. The van der Waals surface area contributed by atoms with Gasteiger partial charge in [0.1, 0.15) is 6.54 Å². The molecule has 26 heavy (non-hydrogen) atoms. The molecule has 0 saturated heterocycles. The molecule has 1 atom stereocenters. The van der Waals surface area contributed by atoms with Crippen LogP contribution in [-0.4, -0.2) is 40.7 Å². The fourth-order valence-electron chi connectivity index (χ4n) is 2.24. The van der Waals surface area contributed by atoms with Crippen molar-refractivity contribution in [1.29, 1.82) is 0 Å². The third kappa shape index (κ3) is 5.55. The summed E-state index contributed by atoms with van der Waals surface area (Å²) in [5.41, 5.74) is 1.08. The summed E-state index contributed by atoms with van der Waals surface area (Å²) in [6, 6.07) is 6.31. The van der Waals surface area contributed by atoms with Gasteiger partial charge in [-0.2, -0.15) is 18.2 Å². The zero-order chi connectivity index (χ0) is 19.3. The number of nitrogens with one attached hydrogen (secondary N) is 1. The summed E-state index contributed by atoms with van der Waals surface area (Å²) >= 11 is 0. The van der Waals surface area contributed by atoms with Crippen LogP contribution in [0.5, 0.6) is 0 Å². The van der Waals surface area contributed by atoms with E-state index in [4.69, 9.17) is 4.52 Å². The Labute approximate surface area is 149 Å². The van der Waals surface area contributed by atoms with Crippen LogP contribution >= 0.6 is 0 Å². The number of amides is 1. The lowest BCUT2D eigenvalue weighted by molar-refractivity contribution is -0.123. The third-order valence-electron chi connectivity index (χ3n) is 3.92. The molecule has 1 heterocycles. The average molecular weight is 370 g/mol. The highest BCUT2D eigenvalue weighted by molar-refractivity contribution is 5.94. The maximum Gasteiger partial charge on any atom is 0.405 e. The van der Waals surface area contributed by atoms with Crippen molar-refractivity contribution in [3.05, 3.63) is 47.1 Å². The van der Waals surface area contributed by atoms with Gasteiger partial charge in [-0.3, -0.25) is 9.69 Å². The van der Waals surface area contributed by atoms with Crippen LogP contribution in [0.4, 0.5) is 13.2 Å². The van der Waals surface area contributed by atoms with Crippen LogP contribution in [-0.2, 0) is 13.0 Å². The summed E-state index contributed by atoms with van der Waals surface area (Å²) in [6.45, 7) is 3.08. The fraction of sp³-hybridized carbons (Fsp3) is 0.471. The molecular weight excluding hydrogens is 349 g/mol. The fourth-order valence-corrected chi connectivity index (χ4v) is 2.24. The number of aryl methyl sites for hydroxylation is 1. The highest BCUT2D eigenvalue weighted by Crippen LogP contribution is 2.19. The van der Waals surface area contributed by atoms with Crippen LogP contribution in [0.1, 0.15) is 47.5 Å². The number of aromatic nitrogens is 2. The van der Waals surface area contributed by atoms with Gasteiger partial charge in [-0.05, 0) is 31.7 Å². The summed E-state index contributed by atoms with van der Waals surface area (Å²) in [5.74, 6) is 0.413. The number of carbonyl (C=O) groups excluding carboxylic acids is 1. The van der Waals surface area contributed by atoms with Gasteiger partial charge in [0.05, 0.1) is 6.04 Å². The Hall–Kier alpha value is -2.42. The predicted octanol–water partition coefficient (Wildman–Crippen LogP) is 3.12. The molecule has 142 valence electrons. The van der Waals surface area contributed by atoms with E-state index in [1.807, 2.05) is 31.1 Å². The Morgan fingerprint density at radius 1 is 1.31 bits per heavy atom. The maximum absolute atomic E-state index is 12.1. The predicted molar refractivity (Wildman–Crippen MR) is 88.4 cm³/mol. The minimum Gasteiger partial charge on any atom is -0.343 e. The molecule has 1 amide bonds. The standard InChI is InChI=1S/C17H21F3N4O2/c1-4-14-22-16(26-23-14)11(2)24(3)9-12-5-7-13(8-6-12)15(25)21-10-17(18,19)20/h5-8,11H,4,9-10H2,1-3H3,(H,21,25)/t11-/m0/s1. The van der Waals surface area contributed by atoms with E-state index in [-0.39, 0.29) is 11.6 Å². The Kier molecular flexibility index (Phi) is 6.36. The highest BCUT2D eigenvalue weighted by Gasteiger charge is 2.27. The second kappa shape index (κ2) is 8.31. The Balaban J connectivity index is 1.94. The Morgan fingerprint density at radius 2 is 1.96 bits per heavy atom. The first-order chi connectivity index (χ1) is 12.2. The molecule has 1 aromatic carbocycles. The normalized spacial score (nSPS) is 13.0. The number of benzene rings is 1. The lowest BCUT2D eigenvalue weighted by Gasteiger charge is -2.21. The van der Waals surface area contributed by atoms with E-state index in [0.717, 1.165) is 5.56 Å². The van der Waals surface area contributed by atoms with Gasteiger partial charge in [-0.25, -0.2) is 0 Å². The van der Waals surface area contributed by atoms with Crippen LogP contribution in [0.3, 0.4) is 0 Å². The quantitative estimate of drug-likeness (QED) is 0.811. The average Bonchev–Trinajstić information content (AvgIpc) is 3.08. The van der Waals surface area contributed by atoms with Crippen molar-refractivity contribution in [1.82, 2.24) is 20.4 Å². The molecule has 0 saturated carbocycles. The molecule has 0 bridgehead atoms. The number of hydrogen-bond donors (Lipinski definition) is 1. The summed E-state index contributed by atoms with van der Waals surface area (Å²) < 4.78 is 41.7. The molecule has 9 heteroatoms. The maximum atomic E-state index is 12.1. The van der Waals surface area contributed by atoms with Crippen molar-refractivity contribution in [2.24, 2.45) is 0 Å². The number of hydrogen-bond acceptors (Lipinski definition) is 5. The third-order valence-corrected chi connectivity index (χ3v) is 3.92. The lowest BCUT2D eigenvalue weighted by Crippen LogP contribution is -2.33. The minimum absolute atomic E-state index is 0.0995.